The SMILES string of the molecule is c1cncc(CNc2nncc(N3CCCC3)n2)c1. The molecule has 0 saturated carbocycles. The summed E-state index contributed by atoms with van der Waals surface area (Å²) in [6, 6.07) is 3.93. The van der Waals surface area contributed by atoms with Crippen molar-refractivity contribution < 1.29 is 0 Å². The second kappa shape index (κ2) is 5.60. The van der Waals surface area contributed by atoms with Gasteiger partial charge in [0.15, 0.2) is 5.82 Å². The first kappa shape index (κ1) is 11.8. The number of rotatable bonds is 4. The molecule has 0 spiro atoms. The summed E-state index contributed by atoms with van der Waals surface area (Å²) >= 11 is 0. The second-order valence-corrected chi connectivity index (χ2v) is 4.55. The summed E-state index contributed by atoms with van der Waals surface area (Å²) in [5, 5.41) is 11.2. The minimum atomic E-state index is 0.563. The molecule has 0 radical (unpaired) electrons. The van der Waals surface area contributed by atoms with Crippen LogP contribution in [0.3, 0.4) is 0 Å². The fourth-order valence-electron chi connectivity index (χ4n) is 2.15. The molecule has 0 amide bonds. The standard InChI is InChI=1S/C13H16N6/c1-2-7-19(6-1)12-10-16-18-13(17-12)15-9-11-4-3-5-14-8-11/h3-5,8,10H,1-2,6-7,9H2,(H,15,17,18). The van der Waals surface area contributed by atoms with Gasteiger partial charge in [0, 0.05) is 32.0 Å². The molecular weight excluding hydrogens is 240 g/mol. The normalized spacial score (nSPS) is 14.6. The Hall–Kier alpha value is -2.24. The lowest BCUT2D eigenvalue weighted by Gasteiger charge is -2.15. The van der Waals surface area contributed by atoms with Gasteiger partial charge in [-0.25, -0.2) is 0 Å². The molecule has 1 N–H and O–H groups in total. The molecule has 2 aromatic rings. The summed E-state index contributed by atoms with van der Waals surface area (Å²) in [5.74, 6) is 1.47. The summed E-state index contributed by atoms with van der Waals surface area (Å²) in [6.45, 7) is 2.76. The number of hydrogen-bond donors (Lipinski definition) is 1. The second-order valence-electron chi connectivity index (χ2n) is 4.55. The van der Waals surface area contributed by atoms with Crippen molar-refractivity contribution in [2.75, 3.05) is 23.3 Å². The largest absolute Gasteiger partial charge is 0.355 e. The summed E-state index contributed by atoms with van der Waals surface area (Å²) in [4.78, 5) is 10.8. The zero-order chi connectivity index (χ0) is 12.9. The van der Waals surface area contributed by atoms with Gasteiger partial charge in [0.25, 0.3) is 0 Å². The van der Waals surface area contributed by atoms with Gasteiger partial charge in [-0.1, -0.05) is 6.07 Å². The quantitative estimate of drug-likeness (QED) is 0.893. The van der Waals surface area contributed by atoms with E-state index in [0.29, 0.717) is 12.5 Å². The zero-order valence-electron chi connectivity index (χ0n) is 10.7. The summed E-state index contributed by atoms with van der Waals surface area (Å²) in [5.41, 5.74) is 1.10. The Kier molecular flexibility index (Phi) is 3.49. The first-order valence-corrected chi connectivity index (χ1v) is 6.49. The molecule has 1 saturated heterocycles. The van der Waals surface area contributed by atoms with E-state index in [0.717, 1.165) is 24.5 Å². The molecule has 0 bridgehead atoms. The molecule has 0 aliphatic carbocycles. The van der Waals surface area contributed by atoms with Gasteiger partial charge < -0.3 is 10.2 Å². The van der Waals surface area contributed by atoms with E-state index in [1.165, 1.54) is 12.8 Å². The minimum absolute atomic E-state index is 0.563. The van der Waals surface area contributed by atoms with Gasteiger partial charge in [0.05, 0.1) is 6.20 Å². The molecule has 0 aromatic carbocycles. The van der Waals surface area contributed by atoms with Crippen molar-refractivity contribution in [1.82, 2.24) is 20.2 Å². The lowest BCUT2D eigenvalue weighted by molar-refractivity contribution is 0.879. The average Bonchev–Trinajstić information content (AvgIpc) is 3.01. The summed E-state index contributed by atoms with van der Waals surface area (Å²) in [6.07, 6.45) is 7.76. The van der Waals surface area contributed by atoms with Gasteiger partial charge in [-0.2, -0.15) is 10.1 Å². The van der Waals surface area contributed by atoms with E-state index in [1.54, 1.807) is 12.4 Å². The highest BCUT2D eigenvalue weighted by molar-refractivity contribution is 5.41. The van der Waals surface area contributed by atoms with Crippen LogP contribution in [0.4, 0.5) is 11.8 Å². The first-order chi connectivity index (χ1) is 9.42. The Balaban J connectivity index is 1.66. The Morgan fingerprint density at radius 1 is 1.21 bits per heavy atom. The first-order valence-electron chi connectivity index (χ1n) is 6.49. The van der Waals surface area contributed by atoms with Crippen LogP contribution < -0.4 is 10.2 Å². The third kappa shape index (κ3) is 2.96. The van der Waals surface area contributed by atoms with Crippen molar-refractivity contribution in [3.63, 3.8) is 0 Å². The molecular formula is C13H16N6. The molecule has 2 aromatic heterocycles. The fourth-order valence-corrected chi connectivity index (χ4v) is 2.15. The molecule has 3 rings (SSSR count). The van der Waals surface area contributed by atoms with Crippen LogP contribution in [0.1, 0.15) is 18.4 Å². The Morgan fingerprint density at radius 3 is 2.89 bits per heavy atom. The number of hydrogen-bond acceptors (Lipinski definition) is 6. The number of nitrogens with zero attached hydrogens (tertiary/aromatic N) is 5. The highest BCUT2D eigenvalue weighted by Gasteiger charge is 2.14. The maximum atomic E-state index is 4.49. The zero-order valence-corrected chi connectivity index (χ0v) is 10.7. The molecule has 19 heavy (non-hydrogen) atoms. The monoisotopic (exact) mass is 256 g/mol. The Labute approximate surface area is 111 Å². The van der Waals surface area contributed by atoms with Gasteiger partial charge in [0.1, 0.15) is 0 Å². The number of aromatic nitrogens is 4. The molecule has 0 atom stereocenters. The molecule has 0 unspecified atom stereocenters. The molecule has 1 fully saturated rings. The van der Waals surface area contributed by atoms with Crippen LogP contribution in [-0.2, 0) is 6.54 Å². The van der Waals surface area contributed by atoms with Crippen LogP contribution in [0.5, 0.6) is 0 Å². The third-order valence-corrected chi connectivity index (χ3v) is 3.15. The van der Waals surface area contributed by atoms with E-state index in [-0.39, 0.29) is 0 Å². The van der Waals surface area contributed by atoms with Gasteiger partial charge in [-0.05, 0) is 24.5 Å². The van der Waals surface area contributed by atoms with Gasteiger partial charge >= 0.3 is 0 Å². The lowest BCUT2D eigenvalue weighted by Crippen LogP contribution is -2.20. The van der Waals surface area contributed by atoms with Gasteiger partial charge in [0.2, 0.25) is 5.95 Å². The highest BCUT2D eigenvalue weighted by atomic mass is 15.3. The number of nitrogens with one attached hydrogen (secondary N) is 1. The molecule has 3 heterocycles. The van der Waals surface area contributed by atoms with E-state index in [9.17, 15) is 0 Å². The smallest absolute Gasteiger partial charge is 0.244 e. The molecule has 98 valence electrons. The van der Waals surface area contributed by atoms with Gasteiger partial charge in [-0.15, -0.1) is 5.10 Å². The maximum Gasteiger partial charge on any atom is 0.244 e. The van der Waals surface area contributed by atoms with Crippen LogP contribution in [-0.4, -0.2) is 33.3 Å². The summed E-state index contributed by atoms with van der Waals surface area (Å²) in [7, 11) is 0. The minimum Gasteiger partial charge on any atom is -0.355 e. The highest BCUT2D eigenvalue weighted by Crippen LogP contribution is 2.17. The summed E-state index contributed by atoms with van der Waals surface area (Å²) < 4.78 is 0. The van der Waals surface area contributed by atoms with E-state index in [2.05, 4.69) is 30.4 Å². The van der Waals surface area contributed by atoms with E-state index < -0.39 is 0 Å². The van der Waals surface area contributed by atoms with Gasteiger partial charge in [-0.3, -0.25) is 4.98 Å². The van der Waals surface area contributed by atoms with Crippen molar-refractivity contribution in [1.29, 1.82) is 0 Å². The lowest BCUT2D eigenvalue weighted by atomic mass is 10.3. The van der Waals surface area contributed by atoms with E-state index >= 15 is 0 Å². The van der Waals surface area contributed by atoms with Crippen molar-refractivity contribution in [3.05, 3.63) is 36.3 Å². The van der Waals surface area contributed by atoms with E-state index in [4.69, 9.17) is 0 Å². The van der Waals surface area contributed by atoms with Crippen LogP contribution >= 0.6 is 0 Å². The predicted octanol–water partition coefficient (Wildman–Crippen LogP) is 1.48. The van der Waals surface area contributed by atoms with Crippen molar-refractivity contribution in [2.45, 2.75) is 19.4 Å². The molecule has 6 heteroatoms. The maximum absolute atomic E-state index is 4.49. The fraction of sp³-hybridized carbons (Fsp3) is 0.385. The predicted molar refractivity (Wildman–Crippen MR) is 72.8 cm³/mol. The van der Waals surface area contributed by atoms with Crippen molar-refractivity contribution in [3.8, 4) is 0 Å². The van der Waals surface area contributed by atoms with E-state index in [1.807, 2.05) is 18.3 Å². The molecule has 1 aliphatic heterocycles. The average molecular weight is 256 g/mol. The molecule has 1 aliphatic rings. The molecule has 6 nitrogen and oxygen atoms in total. The van der Waals surface area contributed by atoms with Crippen LogP contribution in [0.2, 0.25) is 0 Å². The van der Waals surface area contributed by atoms with Crippen molar-refractivity contribution >= 4 is 11.8 Å². The topological polar surface area (TPSA) is 66.8 Å². The third-order valence-electron chi connectivity index (χ3n) is 3.15. The van der Waals surface area contributed by atoms with Crippen LogP contribution in [0.15, 0.2) is 30.7 Å². The van der Waals surface area contributed by atoms with Crippen LogP contribution in [0.25, 0.3) is 0 Å². The Morgan fingerprint density at radius 2 is 2.11 bits per heavy atom. The van der Waals surface area contributed by atoms with Crippen molar-refractivity contribution in [2.24, 2.45) is 0 Å². The number of anilines is 2. The Bertz CT molecular complexity index is 524. The number of pyridine rings is 1. The van der Waals surface area contributed by atoms with Crippen LogP contribution in [0, 0.1) is 0 Å².